The van der Waals surface area contributed by atoms with Crippen molar-refractivity contribution in [3.8, 4) is 11.5 Å². The summed E-state index contributed by atoms with van der Waals surface area (Å²) in [6.45, 7) is 5.85. The number of anilines is 1. The van der Waals surface area contributed by atoms with Crippen molar-refractivity contribution in [2.45, 2.75) is 33.2 Å². The van der Waals surface area contributed by atoms with Gasteiger partial charge in [-0.25, -0.2) is 4.98 Å². The van der Waals surface area contributed by atoms with Crippen LogP contribution in [0.1, 0.15) is 45.5 Å². The van der Waals surface area contributed by atoms with Crippen LogP contribution >= 0.6 is 11.3 Å². The number of likely N-dealkylation sites (N-methyl/N-ethyl adjacent to an activating group) is 1. The van der Waals surface area contributed by atoms with Crippen molar-refractivity contribution in [1.82, 2.24) is 14.9 Å². The van der Waals surface area contributed by atoms with Crippen LogP contribution in [0.5, 0.6) is 11.5 Å². The molecule has 1 aliphatic heterocycles. The molecule has 8 heteroatoms. The van der Waals surface area contributed by atoms with E-state index in [0.717, 1.165) is 48.6 Å². The number of benzene rings is 1. The molecule has 0 unspecified atom stereocenters. The maximum atomic E-state index is 12.7. The number of aromatic nitrogens is 2. The molecule has 4 rings (SSSR count). The van der Waals surface area contributed by atoms with Gasteiger partial charge in [-0.1, -0.05) is 6.92 Å². The number of nitrogens with one attached hydrogen (secondary N) is 1. The van der Waals surface area contributed by atoms with Gasteiger partial charge in [0.1, 0.15) is 11.5 Å². The quantitative estimate of drug-likeness (QED) is 0.552. The zero-order chi connectivity index (χ0) is 22.7. The van der Waals surface area contributed by atoms with Crippen LogP contribution in [0.2, 0.25) is 0 Å². The Morgan fingerprint density at radius 3 is 2.78 bits per heavy atom. The van der Waals surface area contributed by atoms with Crippen LogP contribution in [0.4, 0.5) is 5.13 Å². The maximum absolute atomic E-state index is 12.7. The van der Waals surface area contributed by atoms with Gasteiger partial charge in [-0.2, -0.15) is 0 Å². The first-order chi connectivity index (χ1) is 15.5. The third kappa shape index (κ3) is 4.71. The molecule has 0 bridgehead atoms. The molecule has 0 spiro atoms. The molecule has 0 saturated heterocycles. The van der Waals surface area contributed by atoms with E-state index in [2.05, 4.69) is 39.1 Å². The standard InChI is InChI=1S/C24H27N5O2S/c1-5-18(25-3)22-15(2)26-12-10-20(22)31-17-8-6-16(7-9-17)23(30)28-24-27-19-14-29(4)13-11-21(19)32-24/h6-10,12H,5,11,13-14H2,1-4H3,(H,27,28,30). The Bertz CT molecular complexity index is 1150. The fraction of sp³-hybridized carbons (Fsp3) is 0.333. The molecule has 0 radical (unpaired) electrons. The number of pyridine rings is 1. The molecule has 3 heterocycles. The number of carbonyl (C=O) groups excluding carboxylic acids is 1. The van der Waals surface area contributed by atoms with Crippen LogP contribution in [0, 0.1) is 6.92 Å². The lowest BCUT2D eigenvalue weighted by atomic mass is 10.1. The minimum atomic E-state index is -0.178. The molecule has 0 saturated carbocycles. The Hall–Kier alpha value is -3.10. The summed E-state index contributed by atoms with van der Waals surface area (Å²) in [6.07, 6.45) is 3.49. The summed E-state index contributed by atoms with van der Waals surface area (Å²) in [4.78, 5) is 29.6. The zero-order valence-electron chi connectivity index (χ0n) is 18.8. The number of rotatable bonds is 6. The lowest BCUT2D eigenvalue weighted by molar-refractivity contribution is 0.102. The van der Waals surface area contributed by atoms with E-state index in [-0.39, 0.29) is 5.91 Å². The predicted molar refractivity (Wildman–Crippen MR) is 128 cm³/mol. The van der Waals surface area contributed by atoms with Gasteiger partial charge < -0.3 is 9.64 Å². The van der Waals surface area contributed by atoms with E-state index < -0.39 is 0 Å². The minimum Gasteiger partial charge on any atom is -0.457 e. The highest BCUT2D eigenvalue weighted by Gasteiger charge is 2.19. The molecule has 0 fully saturated rings. The van der Waals surface area contributed by atoms with E-state index in [0.29, 0.717) is 22.2 Å². The summed E-state index contributed by atoms with van der Waals surface area (Å²) in [5.74, 6) is 1.17. The molecular weight excluding hydrogens is 422 g/mol. The second-order valence-electron chi connectivity index (χ2n) is 7.75. The van der Waals surface area contributed by atoms with Crippen molar-refractivity contribution in [2.24, 2.45) is 4.99 Å². The van der Waals surface area contributed by atoms with Crippen molar-refractivity contribution >= 4 is 28.1 Å². The largest absolute Gasteiger partial charge is 0.457 e. The number of nitrogens with zero attached hydrogens (tertiary/aromatic N) is 4. The molecule has 3 aromatic rings. The molecule has 0 atom stereocenters. The number of ether oxygens (including phenoxy) is 1. The fourth-order valence-corrected chi connectivity index (χ4v) is 4.73. The van der Waals surface area contributed by atoms with Gasteiger partial charge in [-0.3, -0.25) is 20.1 Å². The van der Waals surface area contributed by atoms with E-state index in [1.54, 1.807) is 48.8 Å². The molecule has 1 amide bonds. The normalized spacial score (nSPS) is 14.2. The molecule has 7 nitrogen and oxygen atoms in total. The Kier molecular flexibility index (Phi) is 6.62. The van der Waals surface area contributed by atoms with Gasteiger partial charge in [0.15, 0.2) is 5.13 Å². The summed E-state index contributed by atoms with van der Waals surface area (Å²) in [5.41, 5.74) is 4.35. The van der Waals surface area contributed by atoms with Gasteiger partial charge in [0.05, 0.1) is 17.0 Å². The monoisotopic (exact) mass is 449 g/mol. The zero-order valence-corrected chi connectivity index (χ0v) is 19.6. The molecule has 2 aromatic heterocycles. The van der Waals surface area contributed by atoms with Gasteiger partial charge in [-0.05, 0) is 57.1 Å². The summed E-state index contributed by atoms with van der Waals surface area (Å²) >= 11 is 1.56. The van der Waals surface area contributed by atoms with Crippen molar-refractivity contribution in [3.63, 3.8) is 0 Å². The van der Waals surface area contributed by atoms with Crippen molar-refractivity contribution < 1.29 is 9.53 Å². The van der Waals surface area contributed by atoms with Crippen molar-refractivity contribution in [2.75, 3.05) is 26.0 Å². The molecule has 1 aliphatic rings. The highest BCUT2D eigenvalue weighted by Crippen LogP contribution is 2.30. The molecule has 166 valence electrons. The van der Waals surface area contributed by atoms with Crippen LogP contribution < -0.4 is 10.1 Å². The first kappa shape index (κ1) is 22.1. The van der Waals surface area contributed by atoms with Crippen LogP contribution in [0.25, 0.3) is 0 Å². The highest BCUT2D eigenvalue weighted by molar-refractivity contribution is 7.15. The van der Waals surface area contributed by atoms with Crippen LogP contribution in [-0.2, 0) is 13.0 Å². The maximum Gasteiger partial charge on any atom is 0.257 e. The molecule has 0 aliphatic carbocycles. The summed E-state index contributed by atoms with van der Waals surface area (Å²) in [6, 6.07) is 8.95. The third-order valence-electron chi connectivity index (χ3n) is 5.48. The van der Waals surface area contributed by atoms with Crippen molar-refractivity contribution in [3.05, 3.63) is 63.9 Å². The summed E-state index contributed by atoms with van der Waals surface area (Å²) < 4.78 is 6.13. The Morgan fingerprint density at radius 1 is 1.28 bits per heavy atom. The molecular formula is C24H27N5O2S. The van der Waals surface area contributed by atoms with E-state index in [1.807, 2.05) is 13.0 Å². The summed E-state index contributed by atoms with van der Waals surface area (Å²) in [5, 5.41) is 3.58. The number of thiazole rings is 1. The molecule has 32 heavy (non-hydrogen) atoms. The number of hydrogen-bond acceptors (Lipinski definition) is 7. The smallest absolute Gasteiger partial charge is 0.257 e. The minimum absolute atomic E-state index is 0.178. The number of fused-ring (bicyclic) bond motifs is 1. The fourth-order valence-electron chi connectivity index (χ4n) is 3.78. The van der Waals surface area contributed by atoms with Crippen LogP contribution in [0.15, 0.2) is 41.5 Å². The lowest BCUT2D eigenvalue weighted by Crippen LogP contribution is -2.25. The first-order valence-electron chi connectivity index (χ1n) is 10.7. The van der Waals surface area contributed by atoms with Gasteiger partial charge in [0.2, 0.25) is 0 Å². The van der Waals surface area contributed by atoms with E-state index in [1.165, 1.54) is 4.88 Å². The number of amides is 1. The van der Waals surface area contributed by atoms with Gasteiger partial charge in [0.25, 0.3) is 5.91 Å². The van der Waals surface area contributed by atoms with Crippen LogP contribution in [0.3, 0.4) is 0 Å². The Labute approximate surface area is 192 Å². The van der Waals surface area contributed by atoms with E-state index >= 15 is 0 Å². The van der Waals surface area contributed by atoms with Crippen molar-refractivity contribution in [1.29, 1.82) is 0 Å². The van der Waals surface area contributed by atoms with E-state index in [9.17, 15) is 4.79 Å². The average molecular weight is 450 g/mol. The number of hydrogen-bond donors (Lipinski definition) is 1. The first-order valence-corrected chi connectivity index (χ1v) is 11.5. The lowest BCUT2D eigenvalue weighted by Gasteiger charge is -2.20. The van der Waals surface area contributed by atoms with Gasteiger partial charge >= 0.3 is 0 Å². The summed E-state index contributed by atoms with van der Waals surface area (Å²) in [7, 11) is 3.86. The van der Waals surface area contributed by atoms with Gasteiger partial charge in [-0.15, -0.1) is 11.3 Å². The molecule has 1 N–H and O–H groups in total. The van der Waals surface area contributed by atoms with Gasteiger partial charge in [0, 0.05) is 42.5 Å². The SMILES string of the molecule is CCC(=NC)c1c(Oc2ccc(C(=O)Nc3nc4c(s3)CCN(C)C4)cc2)ccnc1C. The van der Waals surface area contributed by atoms with E-state index in [4.69, 9.17) is 4.74 Å². The Balaban J connectivity index is 1.47. The number of carbonyl (C=O) groups is 1. The second-order valence-corrected chi connectivity index (χ2v) is 8.83. The topological polar surface area (TPSA) is 79.7 Å². The third-order valence-corrected chi connectivity index (χ3v) is 6.55. The Morgan fingerprint density at radius 2 is 2.06 bits per heavy atom. The van der Waals surface area contributed by atoms with Crippen LogP contribution in [-0.4, -0.2) is 47.1 Å². The average Bonchev–Trinajstić information content (AvgIpc) is 3.18. The number of aryl methyl sites for hydroxylation is 1. The number of aliphatic imine (C=N–C) groups is 1. The predicted octanol–water partition coefficient (Wildman–Crippen LogP) is 4.71. The highest BCUT2D eigenvalue weighted by atomic mass is 32.1. The molecule has 1 aromatic carbocycles. The second kappa shape index (κ2) is 9.58.